The summed E-state index contributed by atoms with van der Waals surface area (Å²) in [5, 5.41) is 9.07. The number of alkyl halides is 2. The van der Waals surface area contributed by atoms with E-state index >= 15 is 0 Å². The molecule has 0 heterocycles. The molecule has 1 unspecified atom stereocenters. The van der Waals surface area contributed by atoms with E-state index in [0.29, 0.717) is 0 Å². The van der Waals surface area contributed by atoms with Crippen LogP contribution < -0.4 is 4.74 Å². The maximum atomic E-state index is 13.9. The van der Waals surface area contributed by atoms with Gasteiger partial charge in [-0.3, -0.25) is 4.79 Å². The van der Waals surface area contributed by atoms with Crippen LogP contribution in [0, 0.1) is 23.3 Å². The third kappa shape index (κ3) is 1.69. The van der Waals surface area contributed by atoms with E-state index in [1.807, 2.05) is 0 Å². The van der Waals surface area contributed by atoms with Gasteiger partial charge >= 0.3 is 5.97 Å². The molecule has 1 aromatic carbocycles. The Balaban J connectivity index is 2.81. The standard InChI is InChI=1S/C11H6Cl2F4O3/c1-20-8-6(16)4(14)3(5(15)7(8)17)10(9(18)19)2-11(10,12)13/h2H2,1H3,(H,18,19). The van der Waals surface area contributed by atoms with Crippen LogP contribution in [0.5, 0.6) is 5.75 Å². The van der Waals surface area contributed by atoms with E-state index in [4.69, 9.17) is 28.3 Å². The summed E-state index contributed by atoms with van der Waals surface area (Å²) in [5.41, 5.74) is -3.80. The van der Waals surface area contributed by atoms with Crippen molar-refractivity contribution in [3.8, 4) is 5.75 Å². The van der Waals surface area contributed by atoms with Crippen LogP contribution >= 0.6 is 23.2 Å². The Labute approximate surface area is 120 Å². The molecule has 0 bridgehead atoms. The van der Waals surface area contributed by atoms with Gasteiger partial charge in [0.1, 0.15) is 9.75 Å². The number of aliphatic carboxylic acids is 1. The molecule has 0 amide bonds. The van der Waals surface area contributed by atoms with Gasteiger partial charge in [0.05, 0.1) is 12.7 Å². The Morgan fingerprint density at radius 1 is 1.15 bits per heavy atom. The van der Waals surface area contributed by atoms with E-state index in [1.165, 1.54) is 0 Å². The van der Waals surface area contributed by atoms with Crippen LogP contribution in [0.1, 0.15) is 12.0 Å². The molecule has 1 aliphatic carbocycles. The van der Waals surface area contributed by atoms with Crippen molar-refractivity contribution in [3.63, 3.8) is 0 Å². The lowest BCUT2D eigenvalue weighted by molar-refractivity contribution is -0.140. The van der Waals surface area contributed by atoms with Crippen molar-refractivity contribution in [1.82, 2.24) is 0 Å². The molecule has 0 aromatic heterocycles. The van der Waals surface area contributed by atoms with Crippen molar-refractivity contribution in [2.75, 3.05) is 7.11 Å². The van der Waals surface area contributed by atoms with Crippen molar-refractivity contribution < 1.29 is 32.2 Å². The summed E-state index contributed by atoms with van der Waals surface area (Å²) in [4.78, 5) is 11.2. The summed E-state index contributed by atoms with van der Waals surface area (Å²) < 4.78 is 57.1. The Hall–Kier alpha value is -1.21. The Morgan fingerprint density at radius 2 is 1.55 bits per heavy atom. The van der Waals surface area contributed by atoms with Crippen molar-refractivity contribution in [2.24, 2.45) is 0 Å². The lowest BCUT2D eigenvalue weighted by Crippen LogP contribution is -2.30. The molecule has 0 radical (unpaired) electrons. The average molecular weight is 333 g/mol. The fourth-order valence-corrected chi connectivity index (χ4v) is 2.82. The van der Waals surface area contributed by atoms with Gasteiger partial charge in [-0.1, -0.05) is 23.2 Å². The van der Waals surface area contributed by atoms with Gasteiger partial charge in [0.2, 0.25) is 11.6 Å². The molecule has 9 heteroatoms. The summed E-state index contributed by atoms with van der Waals surface area (Å²) in [6, 6.07) is 0. The molecule has 1 fully saturated rings. The highest BCUT2D eigenvalue weighted by molar-refractivity contribution is 6.54. The second kappa shape index (κ2) is 4.39. The topological polar surface area (TPSA) is 46.5 Å². The number of carbonyl (C=O) groups is 1. The first-order valence-corrected chi connectivity index (χ1v) is 5.89. The molecule has 1 N–H and O–H groups in total. The minimum Gasteiger partial charge on any atom is -0.491 e. The van der Waals surface area contributed by atoms with Gasteiger partial charge in [-0.15, -0.1) is 0 Å². The van der Waals surface area contributed by atoms with Crippen LogP contribution in [0.15, 0.2) is 0 Å². The number of rotatable bonds is 3. The van der Waals surface area contributed by atoms with Gasteiger partial charge in [-0.05, 0) is 0 Å². The van der Waals surface area contributed by atoms with Crippen LogP contribution in [0.4, 0.5) is 17.6 Å². The van der Waals surface area contributed by atoms with Gasteiger partial charge in [-0.2, -0.15) is 8.78 Å². The molecule has 2 rings (SSSR count). The van der Waals surface area contributed by atoms with Crippen molar-refractivity contribution >= 4 is 29.2 Å². The molecule has 1 saturated carbocycles. The molecule has 0 saturated heterocycles. The number of halogens is 6. The van der Waals surface area contributed by atoms with Crippen LogP contribution in [-0.4, -0.2) is 22.5 Å². The third-order valence-corrected chi connectivity index (χ3v) is 4.12. The molecular formula is C11H6Cl2F4O3. The second-order valence-electron chi connectivity index (χ2n) is 4.26. The van der Waals surface area contributed by atoms with Crippen LogP contribution in [0.25, 0.3) is 0 Å². The molecular weight excluding hydrogens is 327 g/mol. The maximum absolute atomic E-state index is 13.9. The maximum Gasteiger partial charge on any atom is 0.317 e. The monoisotopic (exact) mass is 332 g/mol. The number of carboxylic acids is 1. The van der Waals surface area contributed by atoms with Crippen molar-refractivity contribution in [2.45, 2.75) is 16.2 Å². The van der Waals surface area contributed by atoms with Gasteiger partial charge in [0, 0.05) is 6.42 Å². The Bertz CT molecular complexity index is 591. The summed E-state index contributed by atoms with van der Waals surface area (Å²) in [5.74, 6) is -10.6. The summed E-state index contributed by atoms with van der Waals surface area (Å²) in [7, 11) is 0.803. The third-order valence-electron chi connectivity index (χ3n) is 3.21. The summed E-state index contributed by atoms with van der Waals surface area (Å²) in [6.07, 6.45) is -0.586. The zero-order valence-corrected chi connectivity index (χ0v) is 11.3. The number of ether oxygens (including phenoxy) is 1. The number of benzene rings is 1. The van der Waals surface area contributed by atoms with Gasteiger partial charge in [0.15, 0.2) is 17.4 Å². The number of hydrogen-bond donors (Lipinski definition) is 1. The van der Waals surface area contributed by atoms with Crippen LogP contribution in [0.2, 0.25) is 0 Å². The minimum atomic E-state index is -2.45. The predicted molar refractivity (Wildman–Crippen MR) is 61.2 cm³/mol. The zero-order chi connectivity index (χ0) is 15.5. The quantitative estimate of drug-likeness (QED) is 0.525. The number of carboxylic acid groups (broad SMARTS) is 1. The highest BCUT2D eigenvalue weighted by Gasteiger charge is 2.75. The second-order valence-corrected chi connectivity index (χ2v) is 5.74. The number of hydrogen-bond acceptors (Lipinski definition) is 2. The normalized spacial score (nSPS) is 23.6. The molecule has 20 heavy (non-hydrogen) atoms. The summed E-state index contributed by atoms with van der Waals surface area (Å²) in [6.45, 7) is 0. The minimum absolute atomic E-state index is 0.586. The fourth-order valence-electron chi connectivity index (χ4n) is 2.06. The first-order valence-electron chi connectivity index (χ1n) is 5.13. The molecule has 1 aromatic rings. The van der Waals surface area contributed by atoms with E-state index in [-0.39, 0.29) is 0 Å². The van der Waals surface area contributed by atoms with E-state index in [9.17, 15) is 22.4 Å². The first kappa shape index (κ1) is 15.2. The molecule has 110 valence electrons. The molecule has 0 spiro atoms. The SMILES string of the molecule is COc1c(F)c(F)c(C2(C(=O)O)CC2(Cl)Cl)c(F)c1F. The van der Waals surface area contributed by atoms with Crippen LogP contribution in [0.3, 0.4) is 0 Å². The molecule has 3 nitrogen and oxygen atoms in total. The Morgan fingerprint density at radius 3 is 1.80 bits per heavy atom. The first-order chi connectivity index (χ1) is 9.11. The lowest BCUT2D eigenvalue weighted by Gasteiger charge is -2.17. The molecule has 1 atom stereocenters. The van der Waals surface area contributed by atoms with Gasteiger partial charge < -0.3 is 9.84 Å². The smallest absolute Gasteiger partial charge is 0.317 e. The van der Waals surface area contributed by atoms with Gasteiger partial charge in [0.25, 0.3) is 0 Å². The highest BCUT2D eigenvalue weighted by Crippen LogP contribution is 2.66. The van der Waals surface area contributed by atoms with E-state index in [1.54, 1.807) is 0 Å². The van der Waals surface area contributed by atoms with Gasteiger partial charge in [-0.25, -0.2) is 8.78 Å². The van der Waals surface area contributed by atoms with E-state index in [0.717, 1.165) is 7.11 Å². The fraction of sp³-hybridized carbons (Fsp3) is 0.364. The molecule has 0 aliphatic heterocycles. The average Bonchev–Trinajstić information content (AvgIpc) is 2.92. The van der Waals surface area contributed by atoms with Crippen molar-refractivity contribution in [1.29, 1.82) is 0 Å². The largest absolute Gasteiger partial charge is 0.491 e. The Kier molecular flexibility index (Phi) is 3.33. The summed E-state index contributed by atoms with van der Waals surface area (Å²) >= 11 is 11.2. The predicted octanol–water partition coefficient (Wildman–Crippen LogP) is 3.15. The van der Waals surface area contributed by atoms with Crippen molar-refractivity contribution in [3.05, 3.63) is 28.8 Å². The van der Waals surface area contributed by atoms with E-state index < -0.39 is 56.7 Å². The number of methoxy groups -OCH3 is 1. The lowest BCUT2D eigenvalue weighted by atomic mass is 9.94. The van der Waals surface area contributed by atoms with E-state index in [2.05, 4.69) is 4.74 Å². The molecule has 1 aliphatic rings. The van der Waals surface area contributed by atoms with Crippen LogP contribution in [-0.2, 0) is 10.2 Å². The highest BCUT2D eigenvalue weighted by atomic mass is 35.5. The zero-order valence-electron chi connectivity index (χ0n) is 9.74.